The van der Waals surface area contributed by atoms with Crippen molar-refractivity contribution in [1.82, 2.24) is 0 Å². The molecule has 1 rings (SSSR count). The van der Waals surface area contributed by atoms with Crippen molar-refractivity contribution >= 4 is 17.6 Å². The van der Waals surface area contributed by atoms with Gasteiger partial charge in [0.2, 0.25) is 5.91 Å². The van der Waals surface area contributed by atoms with Crippen molar-refractivity contribution in [3.8, 4) is 5.75 Å². The molecule has 0 fully saturated rings. The third-order valence-electron chi connectivity index (χ3n) is 2.78. The van der Waals surface area contributed by atoms with E-state index in [0.717, 1.165) is 12.5 Å². The molecule has 19 heavy (non-hydrogen) atoms. The predicted molar refractivity (Wildman–Crippen MR) is 71.1 cm³/mol. The Kier molecular flexibility index (Phi) is 5.32. The third-order valence-corrected chi connectivity index (χ3v) is 2.78. The lowest BCUT2D eigenvalue weighted by molar-refractivity contribution is -0.119. The lowest BCUT2D eigenvalue weighted by Gasteiger charge is -2.13. The first-order chi connectivity index (χ1) is 8.95. The average molecular weight is 266 g/mol. The van der Waals surface area contributed by atoms with Crippen LogP contribution in [-0.2, 0) is 4.79 Å². The van der Waals surface area contributed by atoms with E-state index < -0.39 is 5.97 Å². The van der Waals surface area contributed by atoms with E-state index in [1.54, 1.807) is 6.92 Å². The smallest absolute Gasteiger partial charge is 0.337 e. The minimum absolute atomic E-state index is 0.139. The fraction of sp³-hybridized carbons (Fsp3) is 0.385. The van der Waals surface area contributed by atoms with Crippen molar-refractivity contribution < 1.29 is 19.8 Å². The molecule has 5 N–H and O–H groups in total. The number of nitrogens with one attached hydrogen (secondary N) is 1. The number of carboxylic acid groups (broad SMARTS) is 1. The van der Waals surface area contributed by atoms with Crippen molar-refractivity contribution in [2.75, 3.05) is 11.9 Å². The molecule has 0 aromatic heterocycles. The van der Waals surface area contributed by atoms with E-state index in [0.29, 0.717) is 13.0 Å². The zero-order valence-corrected chi connectivity index (χ0v) is 10.7. The first kappa shape index (κ1) is 15.0. The molecule has 1 aromatic rings. The van der Waals surface area contributed by atoms with Crippen LogP contribution < -0.4 is 11.1 Å². The van der Waals surface area contributed by atoms with Gasteiger partial charge in [-0.15, -0.1) is 0 Å². The molecule has 0 aliphatic heterocycles. The van der Waals surface area contributed by atoms with Crippen molar-refractivity contribution in [2.45, 2.75) is 19.8 Å². The molecule has 6 nitrogen and oxygen atoms in total. The molecule has 0 saturated heterocycles. The van der Waals surface area contributed by atoms with Gasteiger partial charge in [-0.3, -0.25) is 4.79 Å². The summed E-state index contributed by atoms with van der Waals surface area (Å²) in [5.74, 6) is -1.88. The van der Waals surface area contributed by atoms with Crippen LogP contribution in [0.4, 0.5) is 5.69 Å². The molecule has 0 aliphatic rings. The van der Waals surface area contributed by atoms with E-state index >= 15 is 0 Å². The molecule has 0 bridgehead atoms. The number of phenols is 1. The first-order valence-electron chi connectivity index (χ1n) is 6.03. The maximum Gasteiger partial charge on any atom is 0.337 e. The largest absolute Gasteiger partial charge is 0.508 e. The van der Waals surface area contributed by atoms with Gasteiger partial charge in [-0.1, -0.05) is 6.92 Å². The first-order valence-corrected chi connectivity index (χ1v) is 6.03. The van der Waals surface area contributed by atoms with E-state index in [1.807, 2.05) is 0 Å². The highest BCUT2D eigenvalue weighted by molar-refractivity contribution is 6.01. The van der Waals surface area contributed by atoms with Crippen LogP contribution in [0.25, 0.3) is 0 Å². The topological polar surface area (TPSA) is 113 Å². The average Bonchev–Trinajstić information content (AvgIpc) is 2.37. The van der Waals surface area contributed by atoms with Crippen LogP contribution in [0.2, 0.25) is 0 Å². The summed E-state index contributed by atoms with van der Waals surface area (Å²) in [5, 5.41) is 20.8. The summed E-state index contributed by atoms with van der Waals surface area (Å²) in [5.41, 5.74) is 5.41. The van der Waals surface area contributed by atoms with Crippen LogP contribution in [0.1, 0.15) is 30.1 Å². The molecule has 6 heteroatoms. The zero-order chi connectivity index (χ0) is 14.4. The van der Waals surface area contributed by atoms with Gasteiger partial charge < -0.3 is 21.3 Å². The summed E-state index contributed by atoms with van der Waals surface area (Å²) >= 11 is 0. The van der Waals surface area contributed by atoms with Gasteiger partial charge in [0.25, 0.3) is 0 Å². The number of carbonyl (C=O) groups is 2. The minimum atomic E-state index is -1.21. The minimum Gasteiger partial charge on any atom is -0.508 e. The molecular formula is C13H18N2O4. The molecule has 1 atom stereocenters. The van der Waals surface area contributed by atoms with Crippen LogP contribution in [0.3, 0.4) is 0 Å². The summed E-state index contributed by atoms with van der Waals surface area (Å²) in [4.78, 5) is 22.9. The van der Waals surface area contributed by atoms with Crippen molar-refractivity contribution in [1.29, 1.82) is 0 Å². The number of rotatable bonds is 6. The summed E-state index contributed by atoms with van der Waals surface area (Å²) in [6.45, 7) is 2.27. The van der Waals surface area contributed by atoms with E-state index in [9.17, 15) is 14.7 Å². The number of amides is 1. The second kappa shape index (κ2) is 6.75. The molecule has 1 unspecified atom stereocenters. The van der Waals surface area contributed by atoms with Crippen LogP contribution >= 0.6 is 0 Å². The van der Waals surface area contributed by atoms with Crippen LogP contribution in [0, 0.1) is 5.92 Å². The second-order valence-electron chi connectivity index (χ2n) is 4.36. The molecule has 0 radical (unpaired) electrons. The summed E-state index contributed by atoms with van der Waals surface area (Å²) in [7, 11) is 0. The highest BCUT2D eigenvalue weighted by atomic mass is 16.4. The molecule has 1 aromatic carbocycles. The molecule has 0 heterocycles. The highest BCUT2D eigenvalue weighted by Gasteiger charge is 2.17. The number of nitrogens with two attached hydrogens (primary N) is 1. The van der Waals surface area contributed by atoms with Gasteiger partial charge in [0.15, 0.2) is 0 Å². The Morgan fingerprint density at radius 1 is 1.42 bits per heavy atom. The van der Waals surface area contributed by atoms with Crippen molar-refractivity contribution in [2.24, 2.45) is 11.7 Å². The number of aromatic carboxylic acids is 1. The monoisotopic (exact) mass is 266 g/mol. The number of hydrogen-bond acceptors (Lipinski definition) is 4. The van der Waals surface area contributed by atoms with E-state index in [4.69, 9.17) is 10.8 Å². The van der Waals surface area contributed by atoms with Gasteiger partial charge in [0.1, 0.15) is 5.75 Å². The second-order valence-corrected chi connectivity index (χ2v) is 4.36. The van der Waals surface area contributed by atoms with Crippen LogP contribution in [0.5, 0.6) is 5.75 Å². The Balaban J connectivity index is 2.81. The molecular weight excluding hydrogens is 248 g/mol. The molecule has 1 amide bonds. The summed E-state index contributed by atoms with van der Waals surface area (Å²) < 4.78 is 0. The third kappa shape index (κ3) is 4.26. The Hall–Kier alpha value is -2.08. The fourth-order valence-corrected chi connectivity index (χ4v) is 1.63. The zero-order valence-electron chi connectivity index (χ0n) is 10.7. The van der Waals surface area contributed by atoms with E-state index in [-0.39, 0.29) is 28.8 Å². The Morgan fingerprint density at radius 3 is 2.68 bits per heavy atom. The molecule has 104 valence electrons. The number of carboxylic acids is 1. The standard InChI is InChI=1S/C13H18N2O4/c1-8(3-2-6-14)12(17)15-11-5-4-9(16)7-10(11)13(18)19/h4-5,7-8,16H,2-3,6,14H2,1H3,(H,15,17)(H,18,19). The van der Waals surface area contributed by atoms with Crippen LogP contribution in [-0.4, -0.2) is 28.6 Å². The normalized spacial score (nSPS) is 11.9. The Morgan fingerprint density at radius 2 is 2.11 bits per heavy atom. The van der Waals surface area contributed by atoms with E-state index in [1.165, 1.54) is 12.1 Å². The molecule has 0 saturated carbocycles. The number of hydrogen-bond donors (Lipinski definition) is 4. The number of carbonyl (C=O) groups excluding carboxylic acids is 1. The maximum absolute atomic E-state index is 11.9. The SMILES string of the molecule is CC(CCCN)C(=O)Nc1ccc(O)cc1C(=O)O. The van der Waals surface area contributed by atoms with Crippen molar-refractivity contribution in [3.05, 3.63) is 23.8 Å². The van der Waals surface area contributed by atoms with E-state index in [2.05, 4.69) is 5.32 Å². The van der Waals surface area contributed by atoms with Crippen LogP contribution in [0.15, 0.2) is 18.2 Å². The van der Waals surface area contributed by atoms with Gasteiger partial charge in [0.05, 0.1) is 11.3 Å². The molecule has 0 spiro atoms. The molecule has 0 aliphatic carbocycles. The number of phenolic OH excluding ortho intramolecular Hbond substituents is 1. The lowest BCUT2D eigenvalue weighted by Crippen LogP contribution is -2.22. The number of anilines is 1. The predicted octanol–water partition coefficient (Wildman–Crippen LogP) is 1.40. The lowest BCUT2D eigenvalue weighted by atomic mass is 10.0. The van der Waals surface area contributed by atoms with Gasteiger partial charge in [-0.05, 0) is 37.6 Å². The number of benzene rings is 1. The summed E-state index contributed by atoms with van der Waals surface area (Å²) in [6.07, 6.45) is 1.37. The van der Waals surface area contributed by atoms with Gasteiger partial charge in [0, 0.05) is 5.92 Å². The maximum atomic E-state index is 11.9. The number of aromatic hydroxyl groups is 1. The van der Waals surface area contributed by atoms with Gasteiger partial charge in [-0.25, -0.2) is 4.79 Å². The van der Waals surface area contributed by atoms with Crippen molar-refractivity contribution in [3.63, 3.8) is 0 Å². The Labute approximate surface area is 111 Å². The van der Waals surface area contributed by atoms with Gasteiger partial charge >= 0.3 is 5.97 Å². The Bertz CT molecular complexity index is 474. The van der Waals surface area contributed by atoms with Gasteiger partial charge in [-0.2, -0.15) is 0 Å². The summed E-state index contributed by atoms with van der Waals surface area (Å²) in [6, 6.07) is 3.79. The quantitative estimate of drug-likeness (QED) is 0.581. The highest BCUT2D eigenvalue weighted by Crippen LogP contribution is 2.22. The fourth-order valence-electron chi connectivity index (χ4n) is 1.63.